The van der Waals surface area contributed by atoms with Crippen molar-refractivity contribution in [3.05, 3.63) is 35.2 Å². The van der Waals surface area contributed by atoms with E-state index in [2.05, 4.69) is 30.2 Å². The molecule has 7 nitrogen and oxygen atoms in total. The summed E-state index contributed by atoms with van der Waals surface area (Å²) in [5.74, 6) is 1.45. The van der Waals surface area contributed by atoms with Gasteiger partial charge in [0.1, 0.15) is 0 Å². The molecular formula is C24H32N2O5. The van der Waals surface area contributed by atoms with E-state index >= 15 is 0 Å². The Balaban J connectivity index is 1.74. The lowest BCUT2D eigenvalue weighted by Crippen LogP contribution is -2.47. The predicted octanol–water partition coefficient (Wildman–Crippen LogP) is 3.88. The molecule has 31 heavy (non-hydrogen) atoms. The van der Waals surface area contributed by atoms with Crippen LogP contribution in [0.15, 0.2) is 24.0 Å². The zero-order chi connectivity index (χ0) is 22.1. The maximum Gasteiger partial charge on any atom is 0.337 e. The molecule has 0 saturated carbocycles. The van der Waals surface area contributed by atoms with Crippen LogP contribution >= 0.6 is 0 Å². The van der Waals surface area contributed by atoms with Gasteiger partial charge in [0, 0.05) is 47.1 Å². The Morgan fingerprint density at radius 3 is 2.61 bits per heavy atom. The third-order valence-electron chi connectivity index (χ3n) is 6.73. The SMILES string of the molecule is CCCc1c([C@@H]2C[C@@H]3C(C(=O)OC)=CO[C@H](C)[C@@H]3CN2)[nH]c2cc(OC)c(OC)cc12. The molecule has 2 N–H and O–H groups in total. The highest BCUT2D eigenvalue weighted by Crippen LogP contribution is 2.43. The molecule has 3 heterocycles. The summed E-state index contributed by atoms with van der Waals surface area (Å²) in [5.41, 5.74) is 4.13. The van der Waals surface area contributed by atoms with Crippen molar-refractivity contribution in [1.82, 2.24) is 10.3 Å². The number of aromatic nitrogens is 1. The van der Waals surface area contributed by atoms with Crippen molar-refractivity contribution >= 4 is 16.9 Å². The molecule has 4 rings (SSSR count). The van der Waals surface area contributed by atoms with Gasteiger partial charge >= 0.3 is 5.97 Å². The molecule has 2 aliphatic heterocycles. The van der Waals surface area contributed by atoms with Crippen molar-refractivity contribution in [2.24, 2.45) is 11.8 Å². The lowest BCUT2D eigenvalue weighted by atomic mass is 9.74. The lowest BCUT2D eigenvalue weighted by Gasteiger charge is -2.42. The van der Waals surface area contributed by atoms with Gasteiger partial charge in [-0.05, 0) is 31.4 Å². The molecule has 0 unspecified atom stereocenters. The van der Waals surface area contributed by atoms with E-state index in [4.69, 9.17) is 18.9 Å². The normalized spacial score (nSPS) is 25.4. The molecule has 0 spiro atoms. The average Bonchev–Trinajstić information content (AvgIpc) is 3.15. The molecule has 168 valence electrons. The lowest BCUT2D eigenvalue weighted by molar-refractivity contribution is -0.138. The molecule has 0 amide bonds. The van der Waals surface area contributed by atoms with Crippen LogP contribution in [0.2, 0.25) is 0 Å². The number of hydrogen-bond acceptors (Lipinski definition) is 6. The summed E-state index contributed by atoms with van der Waals surface area (Å²) in [6.45, 7) is 5.03. The van der Waals surface area contributed by atoms with Gasteiger partial charge in [0.25, 0.3) is 0 Å². The number of carbonyl (C=O) groups is 1. The molecule has 4 atom stereocenters. The summed E-state index contributed by atoms with van der Waals surface area (Å²) in [6.07, 6.45) is 4.45. The fourth-order valence-electron chi connectivity index (χ4n) is 5.10. The van der Waals surface area contributed by atoms with Crippen molar-refractivity contribution in [2.75, 3.05) is 27.9 Å². The van der Waals surface area contributed by atoms with Crippen LogP contribution < -0.4 is 14.8 Å². The molecular weight excluding hydrogens is 396 g/mol. The van der Waals surface area contributed by atoms with Gasteiger partial charge in [-0.15, -0.1) is 0 Å². The number of hydrogen-bond donors (Lipinski definition) is 2. The number of aromatic amines is 1. The second-order valence-electron chi connectivity index (χ2n) is 8.39. The van der Waals surface area contributed by atoms with Gasteiger partial charge < -0.3 is 29.2 Å². The fourth-order valence-corrected chi connectivity index (χ4v) is 5.10. The molecule has 0 aliphatic carbocycles. The van der Waals surface area contributed by atoms with Crippen LogP contribution in [-0.2, 0) is 20.7 Å². The Kier molecular flexibility index (Phi) is 6.14. The first-order chi connectivity index (χ1) is 15.0. The van der Waals surface area contributed by atoms with Gasteiger partial charge in [0.05, 0.1) is 39.3 Å². The van der Waals surface area contributed by atoms with Crippen LogP contribution in [0, 0.1) is 11.8 Å². The van der Waals surface area contributed by atoms with Gasteiger partial charge in [0.15, 0.2) is 11.5 Å². The maximum absolute atomic E-state index is 12.4. The molecule has 1 aromatic carbocycles. The Morgan fingerprint density at radius 2 is 1.94 bits per heavy atom. The van der Waals surface area contributed by atoms with Gasteiger partial charge in [-0.3, -0.25) is 0 Å². The van der Waals surface area contributed by atoms with Crippen LogP contribution in [0.5, 0.6) is 11.5 Å². The standard InChI is InChI=1S/C24H32N2O5/c1-6-7-14-16-9-21(28-3)22(29-4)10-19(16)26-23(14)20-8-15-17(11-25-20)13(2)31-12-18(15)24(27)30-5/h9-10,12-13,15,17,20,25-26H,6-8,11H2,1-5H3/t13-,15+,17+,20+/m1/s1. The summed E-state index contributed by atoms with van der Waals surface area (Å²) >= 11 is 0. The number of nitrogens with one attached hydrogen (secondary N) is 2. The van der Waals surface area contributed by atoms with E-state index in [9.17, 15) is 4.79 Å². The fraction of sp³-hybridized carbons (Fsp3) is 0.542. The first kappa shape index (κ1) is 21.6. The van der Waals surface area contributed by atoms with E-state index in [1.165, 1.54) is 18.4 Å². The second kappa shape index (κ2) is 8.83. The van der Waals surface area contributed by atoms with Crippen LogP contribution in [0.1, 0.15) is 44.0 Å². The van der Waals surface area contributed by atoms with Crippen LogP contribution in [0.25, 0.3) is 10.9 Å². The zero-order valence-corrected chi connectivity index (χ0v) is 18.9. The van der Waals surface area contributed by atoms with E-state index in [1.54, 1.807) is 20.5 Å². The van der Waals surface area contributed by atoms with Crippen LogP contribution in [0.4, 0.5) is 0 Å². The number of rotatable bonds is 6. The number of ether oxygens (including phenoxy) is 4. The monoisotopic (exact) mass is 428 g/mol. The molecule has 7 heteroatoms. The Morgan fingerprint density at radius 1 is 1.19 bits per heavy atom. The first-order valence-electron chi connectivity index (χ1n) is 11.0. The highest BCUT2D eigenvalue weighted by Gasteiger charge is 2.42. The largest absolute Gasteiger partial charge is 0.497 e. The molecule has 1 fully saturated rings. The third-order valence-corrected chi connectivity index (χ3v) is 6.73. The zero-order valence-electron chi connectivity index (χ0n) is 18.9. The molecule has 2 aromatic rings. The Bertz CT molecular complexity index is 996. The number of benzene rings is 1. The number of H-pyrrole nitrogens is 1. The number of esters is 1. The Labute approximate surface area is 183 Å². The van der Waals surface area contributed by atoms with Crippen LogP contribution in [-0.4, -0.2) is 44.9 Å². The molecule has 1 aromatic heterocycles. The maximum atomic E-state index is 12.4. The highest BCUT2D eigenvalue weighted by atomic mass is 16.5. The summed E-state index contributed by atoms with van der Waals surface area (Å²) in [4.78, 5) is 16.0. The number of aryl methyl sites for hydroxylation is 1. The topological polar surface area (TPSA) is 81.8 Å². The van der Waals surface area contributed by atoms with Crippen molar-refractivity contribution < 1.29 is 23.7 Å². The first-order valence-corrected chi connectivity index (χ1v) is 11.0. The van der Waals surface area contributed by atoms with E-state index in [0.29, 0.717) is 11.3 Å². The molecule has 0 radical (unpaired) electrons. The minimum absolute atomic E-state index is 0.0539. The van der Waals surface area contributed by atoms with E-state index in [-0.39, 0.29) is 30.0 Å². The van der Waals surface area contributed by atoms with Crippen molar-refractivity contribution in [3.8, 4) is 11.5 Å². The van der Waals surface area contributed by atoms with Crippen molar-refractivity contribution in [3.63, 3.8) is 0 Å². The summed E-state index contributed by atoms with van der Waals surface area (Å²) < 4.78 is 21.8. The van der Waals surface area contributed by atoms with E-state index in [1.807, 2.05) is 6.07 Å². The number of carbonyl (C=O) groups excluding carboxylic acids is 1. The van der Waals surface area contributed by atoms with Crippen LogP contribution in [0.3, 0.4) is 0 Å². The average molecular weight is 429 g/mol. The predicted molar refractivity (Wildman–Crippen MR) is 118 cm³/mol. The summed E-state index contributed by atoms with van der Waals surface area (Å²) in [7, 11) is 4.73. The van der Waals surface area contributed by atoms with Crippen molar-refractivity contribution in [1.29, 1.82) is 0 Å². The Hall–Kier alpha value is -2.67. The quantitative estimate of drug-likeness (QED) is 0.680. The molecule has 0 bridgehead atoms. The number of piperidine rings is 1. The minimum atomic E-state index is -0.303. The van der Waals surface area contributed by atoms with E-state index < -0.39 is 0 Å². The van der Waals surface area contributed by atoms with Gasteiger partial charge in [0.2, 0.25) is 0 Å². The second-order valence-corrected chi connectivity index (χ2v) is 8.39. The van der Waals surface area contributed by atoms with Gasteiger partial charge in [-0.1, -0.05) is 13.3 Å². The number of methoxy groups -OCH3 is 3. The molecule has 1 saturated heterocycles. The number of fused-ring (bicyclic) bond motifs is 2. The third kappa shape index (κ3) is 3.76. The summed E-state index contributed by atoms with van der Waals surface area (Å²) in [6, 6.07) is 4.16. The van der Waals surface area contributed by atoms with Gasteiger partial charge in [-0.25, -0.2) is 4.79 Å². The van der Waals surface area contributed by atoms with Gasteiger partial charge in [-0.2, -0.15) is 0 Å². The minimum Gasteiger partial charge on any atom is -0.497 e. The summed E-state index contributed by atoms with van der Waals surface area (Å²) in [5, 5.41) is 4.86. The van der Waals surface area contributed by atoms with E-state index in [0.717, 1.165) is 42.5 Å². The van der Waals surface area contributed by atoms with Crippen molar-refractivity contribution in [2.45, 2.75) is 45.3 Å². The highest BCUT2D eigenvalue weighted by molar-refractivity contribution is 5.89. The smallest absolute Gasteiger partial charge is 0.337 e. The molecule has 2 aliphatic rings.